The molecule has 1 heterocycles. The Bertz CT molecular complexity index is 423. The summed E-state index contributed by atoms with van der Waals surface area (Å²) < 4.78 is 0. The first-order valence-electron chi connectivity index (χ1n) is 7.62. The van der Waals surface area contributed by atoms with E-state index in [1.54, 1.807) is 12.1 Å². The minimum atomic E-state index is -0.0804. The molecule has 0 saturated heterocycles. The number of hydrazine groups is 1. The second kappa shape index (κ2) is 9.31. The second-order valence-electron chi connectivity index (χ2n) is 4.87. The molecule has 0 aliphatic rings. The molecular formula is C15H27N5O. The smallest absolute Gasteiger partial charge is 0.251 e. The van der Waals surface area contributed by atoms with E-state index in [9.17, 15) is 4.79 Å². The average molecular weight is 293 g/mol. The first-order chi connectivity index (χ1) is 10.1. The topological polar surface area (TPSA) is 83.3 Å². The zero-order valence-electron chi connectivity index (χ0n) is 13.3. The zero-order chi connectivity index (χ0) is 15.7. The van der Waals surface area contributed by atoms with Crippen LogP contribution in [0.4, 0.5) is 5.82 Å². The molecule has 0 bridgehead atoms. The van der Waals surface area contributed by atoms with Gasteiger partial charge < -0.3 is 15.6 Å². The van der Waals surface area contributed by atoms with Crippen molar-refractivity contribution >= 4 is 11.7 Å². The average Bonchev–Trinajstić information content (AvgIpc) is 2.54. The van der Waals surface area contributed by atoms with E-state index in [2.05, 4.69) is 34.5 Å². The van der Waals surface area contributed by atoms with E-state index in [1.165, 1.54) is 0 Å². The van der Waals surface area contributed by atoms with E-state index in [4.69, 9.17) is 5.84 Å². The molecule has 1 aromatic heterocycles. The first-order valence-corrected chi connectivity index (χ1v) is 7.62. The molecule has 0 atom stereocenters. The number of hydrogen-bond acceptors (Lipinski definition) is 5. The van der Waals surface area contributed by atoms with Crippen molar-refractivity contribution in [3.05, 3.63) is 23.4 Å². The molecule has 1 aromatic rings. The summed E-state index contributed by atoms with van der Waals surface area (Å²) in [7, 11) is 0. The number of rotatable bonds is 9. The number of amides is 1. The Hall–Kier alpha value is -1.66. The number of nitrogens with one attached hydrogen (secondary N) is 2. The number of aromatic nitrogens is 1. The summed E-state index contributed by atoms with van der Waals surface area (Å²) in [5.74, 6) is 5.81. The van der Waals surface area contributed by atoms with Crippen LogP contribution in [0.25, 0.3) is 0 Å². The van der Waals surface area contributed by atoms with Gasteiger partial charge in [-0.2, -0.15) is 0 Å². The van der Waals surface area contributed by atoms with Gasteiger partial charge in [0.2, 0.25) is 0 Å². The van der Waals surface area contributed by atoms with Gasteiger partial charge in [0.05, 0.1) is 0 Å². The Balaban J connectivity index is 2.52. The summed E-state index contributed by atoms with van der Waals surface area (Å²) in [6.07, 6.45) is 1.71. The summed E-state index contributed by atoms with van der Waals surface area (Å²) >= 11 is 0. The maximum atomic E-state index is 12.1. The predicted octanol–water partition coefficient (Wildman–Crippen LogP) is 1.39. The summed E-state index contributed by atoms with van der Waals surface area (Å²) in [5.41, 5.74) is 3.94. The molecule has 0 unspecified atom stereocenters. The highest BCUT2D eigenvalue weighted by atomic mass is 16.1. The third-order valence-electron chi connectivity index (χ3n) is 3.48. The maximum Gasteiger partial charge on any atom is 0.251 e. The summed E-state index contributed by atoms with van der Waals surface area (Å²) in [4.78, 5) is 18.8. The van der Waals surface area contributed by atoms with Crippen LogP contribution in [-0.4, -0.2) is 42.0 Å². The Morgan fingerprint density at radius 3 is 2.57 bits per heavy atom. The molecule has 4 N–H and O–H groups in total. The van der Waals surface area contributed by atoms with Crippen molar-refractivity contribution in [3.8, 4) is 0 Å². The van der Waals surface area contributed by atoms with Gasteiger partial charge in [0, 0.05) is 17.8 Å². The Morgan fingerprint density at radius 2 is 2.00 bits per heavy atom. The fourth-order valence-electron chi connectivity index (χ4n) is 2.12. The van der Waals surface area contributed by atoms with Crippen LogP contribution < -0.4 is 16.6 Å². The van der Waals surface area contributed by atoms with Crippen molar-refractivity contribution in [2.45, 2.75) is 33.6 Å². The quantitative estimate of drug-likeness (QED) is 0.364. The number of anilines is 1. The fourth-order valence-corrected chi connectivity index (χ4v) is 2.12. The summed E-state index contributed by atoms with van der Waals surface area (Å²) in [6.45, 7) is 10.0. The first kappa shape index (κ1) is 17.4. The number of pyridine rings is 1. The SMILES string of the molecule is CCc1cc(C(=O)NCCCN(CC)CC)cc(NN)n1. The lowest BCUT2D eigenvalue weighted by atomic mass is 10.2. The van der Waals surface area contributed by atoms with Gasteiger partial charge in [-0.05, 0) is 44.6 Å². The van der Waals surface area contributed by atoms with Gasteiger partial charge in [-0.3, -0.25) is 4.79 Å². The lowest BCUT2D eigenvalue weighted by Crippen LogP contribution is -2.30. The molecule has 21 heavy (non-hydrogen) atoms. The third kappa shape index (κ3) is 5.69. The number of hydrogen-bond donors (Lipinski definition) is 3. The maximum absolute atomic E-state index is 12.1. The number of carbonyl (C=O) groups is 1. The zero-order valence-corrected chi connectivity index (χ0v) is 13.3. The fraction of sp³-hybridized carbons (Fsp3) is 0.600. The van der Waals surface area contributed by atoms with Crippen LogP contribution >= 0.6 is 0 Å². The van der Waals surface area contributed by atoms with Gasteiger partial charge in [-0.1, -0.05) is 20.8 Å². The van der Waals surface area contributed by atoms with Crippen LogP contribution in [0, 0.1) is 0 Å². The van der Waals surface area contributed by atoms with E-state index in [-0.39, 0.29) is 5.91 Å². The normalized spacial score (nSPS) is 10.7. The highest BCUT2D eigenvalue weighted by molar-refractivity contribution is 5.94. The molecular weight excluding hydrogens is 266 g/mol. The van der Waals surface area contributed by atoms with E-state index in [1.807, 2.05) is 6.92 Å². The van der Waals surface area contributed by atoms with E-state index >= 15 is 0 Å². The minimum absolute atomic E-state index is 0.0804. The lowest BCUT2D eigenvalue weighted by Gasteiger charge is -2.17. The van der Waals surface area contributed by atoms with Crippen molar-refractivity contribution < 1.29 is 4.79 Å². The monoisotopic (exact) mass is 293 g/mol. The molecule has 0 spiro atoms. The van der Waals surface area contributed by atoms with Gasteiger partial charge in [0.1, 0.15) is 5.82 Å². The van der Waals surface area contributed by atoms with Crippen LogP contribution in [0.1, 0.15) is 43.2 Å². The molecule has 1 rings (SSSR count). The molecule has 0 aliphatic carbocycles. The van der Waals surface area contributed by atoms with Gasteiger partial charge in [-0.15, -0.1) is 0 Å². The number of aryl methyl sites for hydroxylation is 1. The van der Waals surface area contributed by atoms with Gasteiger partial charge in [0.15, 0.2) is 0 Å². The second-order valence-corrected chi connectivity index (χ2v) is 4.87. The van der Waals surface area contributed by atoms with Crippen molar-refractivity contribution in [2.24, 2.45) is 5.84 Å². The summed E-state index contributed by atoms with van der Waals surface area (Å²) in [5, 5.41) is 2.94. The molecule has 0 aromatic carbocycles. The number of nitrogens with zero attached hydrogens (tertiary/aromatic N) is 2. The lowest BCUT2D eigenvalue weighted by molar-refractivity contribution is 0.0951. The largest absolute Gasteiger partial charge is 0.352 e. The highest BCUT2D eigenvalue weighted by Gasteiger charge is 2.09. The molecule has 118 valence electrons. The Kier molecular flexibility index (Phi) is 7.71. The van der Waals surface area contributed by atoms with Crippen LogP contribution in [-0.2, 0) is 6.42 Å². The van der Waals surface area contributed by atoms with E-state index < -0.39 is 0 Å². The third-order valence-corrected chi connectivity index (χ3v) is 3.48. The summed E-state index contributed by atoms with van der Waals surface area (Å²) in [6, 6.07) is 3.47. The van der Waals surface area contributed by atoms with Crippen molar-refractivity contribution in [1.82, 2.24) is 15.2 Å². The standard InChI is InChI=1S/C15H27N5O/c1-4-13-10-12(11-14(18-13)19-16)15(21)17-8-7-9-20(5-2)6-3/h10-11H,4-9,16H2,1-3H3,(H,17,21)(H,18,19). The van der Waals surface area contributed by atoms with Crippen LogP contribution in [0.3, 0.4) is 0 Å². The minimum Gasteiger partial charge on any atom is -0.352 e. The van der Waals surface area contributed by atoms with Crippen LogP contribution in [0.2, 0.25) is 0 Å². The molecule has 1 amide bonds. The molecule has 6 nitrogen and oxygen atoms in total. The van der Waals surface area contributed by atoms with Crippen molar-refractivity contribution in [1.29, 1.82) is 0 Å². The number of carbonyl (C=O) groups excluding carboxylic acids is 1. The van der Waals surface area contributed by atoms with Gasteiger partial charge in [-0.25, -0.2) is 10.8 Å². The van der Waals surface area contributed by atoms with Crippen molar-refractivity contribution in [2.75, 3.05) is 31.6 Å². The Morgan fingerprint density at radius 1 is 1.29 bits per heavy atom. The molecule has 0 aliphatic heterocycles. The predicted molar refractivity (Wildman–Crippen MR) is 86.2 cm³/mol. The number of nitrogens with two attached hydrogens (primary N) is 1. The molecule has 0 radical (unpaired) electrons. The van der Waals surface area contributed by atoms with Crippen LogP contribution in [0.15, 0.2) is 12.1 Å². The highest BCUT2D eigenvalue weighted by Crippen LogP contribution is 2.10. The van der Waals surface area contributed by atoms with Crippen LogP contribution in [0.5, 0.6) is 0 Å². The van der Waals surface area contributed by atoms with E-state index in [0.29, 0.717) is 17.9 Å². The molecule has 0 saturated carbocycles. The number of nitrogen functional groups attached to an aromatic ring is 1. The van der Waals surface area contributed by atoms with Gasteiger partial charge >= 0.3 is 0 Å². The van der Waals surface area contributed by atoms with Gasteiger partial charge in [0.25, 0.3) is 5.91 Å². The Labute approximate surface area is 127 Å². The van der Waals surface area contributed by atoms with Crippen molar-refractivity contribution in [3.63, 3.8) is 0 Å². The van der Waals surface area contributed by atoms with E-state index in [0.717, 1.165) is 38.2 Å². The molecule has 0 fully saturated rings. The molecule has 6 heteroatoms.